The van der Waals surface area contributed by atoms with Gasteiger partial charge in [0.15, 0.2) is 28.6 Å². The lowest BCUT2D eigenvalue weighted by atomic mass is 9.72. The van der Waals surface area contributed by atoms with Gasteiger partial charge < -0.3 is 39.6 Å². The predicted octanol–water partition coefficient (Wildman–Crippen LogP) is 7.11. The van der Waals surface area contributed by atoms with Crippen LogP contribution in [0.4, 0.5) is 5.69 Å². The van der Waals surface area contributed by atoms with Crippen LogP contribution in [0.3, 0.4) is 0 Å². The van der Waals surface area contributed by atoms with Crippen LogP contribution in [0.5, 0.6) is 5.75 Å². The third-order valence-corrected chi connectivity index (χ3v) is 11.7. The molecule has 4 aliphatic heterocycles. The third kappa shape index (κ3) is 4.47. The highest BCUT2D eigenvalue weighted by molar-refractivity contribution is 6.37. The molecule has 6 aromatic rings. The quantitative estimate of drug-likeness (QED) is 0.126. The molecular weight excluding hydrogens is 731 g/mol. The number of para-hydroxylation sites is 1. The normalized spacial score (nSPS) is 22.2. The van der Waals surface area contributed by atoms with Crippen LogP contribution in [-0.2, 0) is 21.4 Å². The van der Waals surface area contributed by atoms with E-state index in [4.69, 9.17) is 46.7 Å². The summed E-state index contributed by atoms with van der Waals surface area (Å²) in [5, 5.41) is 21.5. The predicted molar refractivity (Wildman–Crippen MR) is 201 cm³/mol. The zero-order valence-corrected chi connectivity index (χ0v) is 31.0. The molecule has 4 aliphatic rings. The standard InChI is InChI=1S/C40H34Cl2N6O6/c1-15(2)27-37-46-29-32(54-37)40-20-9-5-8-19(18-7-6-10-22-25(18)26(33(41)43-22)31-34(42)48-38(29)53-31)28(20)47-39(40)52-24-12-11-17(13-21(24)40)14-23(35(50)45-27)44-36(51)30(49)16(3)4/h5-13,15-16,23,27,30,39,43,47,49H,14H2,1-4H3,(H,44,51)(H,45,50)/t23-,27+,30+,39?,40?/m1/s1. The lowest BCUT2D eigenvalue weighted by Crippen LogP contribution is -2.52. The number of aliphatic hydroxyl groups excluding tert-OH is 1. The van der Waals surface area contributed by atoms with Crippen molar-refractivity contribution >= 4 is 51.6 Å². The molecule has 0 saturated carbocycles. The molecule has 10 rings (SSSR count). The lowest BCUT2D eigenvalue weighted by Gasteiger charge is -2.29. The van der Waals surface area contributed by atoms with Gasteiger partial charge in [-0.15, -0.1) is 0 Å². The first kappa shape index (κ1) is 33.3. The highest BCUT2D eigenvalue weighted by atomic mass is 35.5. The minimum atomic E-state index is -1.30. The van der Waals surface area contributed by atoms with E-state index in [1.165, 1.54) is 0 Å². The molecule has 5 atom stereocenters. The zero-order valence-electron chi connectivity index (χ0n) is 29.5. The SMILES string of the molecule is CC(C)[C@H](O)C(=O)N[C@@H]1Cc2ccc3c(c2)C24c5cccc(c5NC2O3)-c2cccc3[nH]c(Cl)c(c23)-c2oc(nc2Cl)-c2nc(oc24)[C@H](C(C)C)NC1=O. The summed E-state index contributed by atoms with van der Waals surface area (Å²) < 4.78 is 20.4. The summed E-state index contributed by atoms with van der Waals surface area (Å²) >= 11 is 13.9. The fraction of sp³-hybridized carbons (Fsp3) is 0.300. The maximum atomic E-state index is 14.2. The molecule has 2 amide bonds. The van der Waals surface area contributed by atoms with Crippen molar-refractivity contribution in [3.8, 4) is 39.8 Å². The number of H-pyrrole nitrogens is 1. The van der Waals surface area contributed by atoms with E-state index < -0.39 is 41.6 Å². The van der Waals surface area contributed by atoms with Crippen molar-refractivity contribution in [2.24, 2.45) is 11.8 Å². The van der Waals surface area contributed by atoms with Gasteiger partial charge in [-0.3, -0.25) is 9.59 Å². The fourth-order valence-electron chi connectivity index (χ4n) is 8.52. The number of ether oxygens (including phenoxy) is 1. The van der Waals surface area contributed by atoms with Crippen molar-refractivity contribution in [2.75, 3.05) is 5.32 Å². The summed E-state index contributed by atoms with van der Waals surface area (Å²) in [5.74, 6) is -0.0970. The van der Waals surface area contributed by atoms with Crippen LogP contribution in [0.1, 0.15) is 62.1 Å². The first-order chi connectivity index (χ1) is 25.9. The average molecular weight is 766 g/mol. The number of benzene rings is 3. The van der Waals surface area contributed by atoms with Gasteiger partial charge in [0.05, 0.1) is 5.56 Å². The van der Waals surface area contributed by atoms with Gasteiger partial charge in [0, 0.05) is 39.7 Å². The number of carbonyl (C=O) groups is 2. The van der Waals surface area contributed by atoms with Crippen molar-refractivity contribution in [3.63, 3.8) is 0 Å². The number of oxazole rings is 2. The monoisotopic (exact) mass is 764 g/mol. The Balaban J connectivity index is 1.30. The van der Waals surface area contributed by atoms with Gasteiger partial charge >= 0.3 is 0 Å². The smallest absolute Gasteiger partial charge is 0.250 e. The highest BCUT2D eigenvalue weighted by Gasteiger charge is 2.61. The van der Waals surface area contributed by atoms with Crippen LogP contribution in [-0.4, -0.2) is 50.2 Å². The van der Waals surface area contributed by atoms with Gasteiger partial charge in [0.2, 0.25) is 17.7 Å². The topological polar surface area (TPSA) is 168 Å². The molecule has 14 heteroatoms. The Morgan fingerprint density at radius 3 is 2.59 bits per heavy atom. The van der Waals surface area contributed by atoms with Crippen LogP contribution >= 0.6 is 23.2 Å². The van der Waals surface area contributed by atoms with Gasteiger partial charge in [-0.25, -0.2) is 4.98 Å². The minimum absolute atomic E-state index is 0.0872. The van der Waals surface area contributed by atoms with E-state index in [-0.39, 0.29) is 46.6 Å². The summed E-state index contributed by atoms with van der Waals surface area (Å²) in [7, 11) is 0. The molecule has 3 aromatic carbocycles. The molecule has 1 spiro atoms. The van der Waals surface area contributed by atoms with Gasteiger partial charge in [0.1, 0.15) is 34.5 Å². The van der Waals surface area contributed by atoms with Gasteiger partial charge in [-0.1, -0.05) is 93.4 Å². The number of amides is 2. The van der Waals surface area contributed by atoms with E-state index in [0.717, 1.165) is 44.4 Å². The third-order valence-electron chi connectivity index (χ3n) is 11.2. The second kappa shape index (κ2) is 11.6. The number of hydrogen-bond acceptors (Lipinski definition) is 9. The second-order valence-corrected chi connectivity index (χ2v) is 15.8. The summed E-state index contributed by atoms with van der Waals surface area (Å²) in [4.78, 5) is 40.5. The highest BCUT2D eigenvalue weighted by Crippen LogP contribution is 2.62. The van der Waals surface area contributed by atoms with Crippen LogP contribution in [0.15, 0.2) is 63.4 Å². The molecular formula is C40H34Cl2N6O6. The number of halogens is 2. The Kier molecular flexibility index (Phi) is 7.15. The number of hydrogen-bond donors (Lipinski definition) is 5. The second-order valence-electron chi connectivity index (χ2n) is 15.1. The van der Waals surface area contributed by atoms with E-state index in [9.17, 15) is 14.7 Å². The van der Waals surface area contributed by atoms with Gasteiger partial charge in [-0.05, 0) is 35.1 Å². The number of rotatable bonds is 4. The number of aliphatic hydroxyl groups is 1. The fourth-order valence-corrected chi connectivity index (χ4v) is 9.01. The number of anilines is 1. The van der Waals surface area contributed by atoms with Crippen LogP contribution in [0.25, 0.3) is 44.9 Å². The molecule has 0 aliphatic carbocycles. The Morgan fingerprint density at radius 2 is 1.80 bits per heavy atom. The Hall–Kier alpha value is -5.30. The maximum absolute atomic E-state index is 14.2. The van der Waals surface area contributed by atoms with E-state index in [2.05, 4.69) is 27.0 Å². The minimum Gasteiger partial charge on any atom is -0.469 e. The van der Waals surface area contributed by atoms with E-state index in [1.54, 1.807) is 13.8 Å². The molecule has 54 heavy (non-hydrogen) atoms. The first-order valence-corrected chi connectivity index (χ1v) is 18.7. The summed E-state index contributed by atoms with van der Waals surface area (Å²) in [6, 6.07) is 16.0. The number of nitrogens with zero attached hydrogens (tertiary/aromatic N) is 2. The zero-order chi connectivity index (χ0) is 37.4. The van der Waals surface area contributed by atoms with E-state index in [0.29, 0.717) is 22.2 Å². The molecule has 3 aromatic heterocycles. The Bertz CT molecular complexity index is 2590. The van der Waals surface area contributed by atoms with Crippen molar-refractivity contribution < 1.29 is 28.3 Å². The number of fused-ring (bicyclic) bond motifs is 7. The number of nitrogens with one attached hydrogen (secondary N) is 4. The molecule has 0 saturated heterocycles. The average Bonchev–Trinajstić information content (AvgIpc) is 3.94. The number of carbonyl (C=O) groups excluding carboxylic acids is 2. The Labute approximate surface area is 318 Å². The van der Waals surface area contributed by atoms with Crippen LogP contribution < -0.4 is 20.7 Å². The molecule has 0 radical (unpaired) electrons. The first-order valence-electron chi connectivity index (χ1n) is 17.9. The van der Waals surface area contributed by atoms with E-state index in [1.807, 2.05) is 62.4 Å². The molecule has 0 fully saturated rings. The summed E-state index contributed by atoms with van der Waals surface area (Å²) in [5.41, 5.74) is 5.49. The van der Waals surface area contributed by atoms with Gasteiger partial charge in [0.25, 0.3) is 5.89 Å². The lowest BCUT2D eigenvalue weighted by molar-refractivity contribution is -0.135. The molecule has 12 nitrogen and oxygen atoms in total. The van der Waals surface area contributed by atoms with E-state index >= 15 is 0 Å². The van der Waals surface area contributed by atoms with Crippen molar-refractivity contribution in [1.29, 1.82) is 0 Å². The number of aromatic amines is 1. The van der Waals surface area contributed by atoms with Crippen LogP contribution in [0, 0.1) is 11.8 Å². The molecule has 2 unspecified atom stereocenters. The van der Waals surface area contributed by atoms with Gasteiger partial charge in [-0.2, -0.15) is 4.98 Å². The molecule has 5 N–H and O–H groups in total. The molecule has 10 bridgehead atoms. The number of aromatic nitrogens is 3. The van der Waals surface area contributed by atoms with Crippen LogP contribution in [0.2, 0.25) is 10.3 Å². The van der Waals surface area contributed by atoms with Crippen molar-refractivity contribution in [1.82, 2.24) is 25.6 Å². The summed E-state index contributed by atoms with van der Waals surface area (Å²) in [6.07, 6.45) is -1.87. The largest absolute Gasteiger partial charge is 0.469 e. The maximum Gasteiger partial charge on any atom is 0.250 e. The summed E-state index contributed by atoms with van der Waals surface area (Å²) in [6.45, 7) is 7.36. The Morgan fingerprint density at radius 1 is 1.00 bits per heavy atom. The van der Waals surface area contributed by atoms with Crippen molar-refractivity contribution in [3.05, 3.63) is 93.2 Å². The van der Waals surface area contributed by atoms with Crippen molar-refractivity contribution in [2.45, 2.75) is 63.9 Å². The molecule has 7 heterocycles. The molecule has 274 valence electrons.